The van der Waals surface area contributed by atoms with Crippen LogP contribution in [0.1, 0.15) is 40.5 Å². The van der Waals surface area contributed by atoms with E-state index in [4.69, 9.17) is 0 Å². The fraction of sp³-hybridized carbons (Fsp3) is 1.00. The maximum absolute atomic E-state index is 2.35. The summed E-state index contributed by atoms with van der Waals surface area (Å²) in [5, 5.41) is 0. The molecular weight excluding hydrogens is 120 g/mol. The van der Waals surface area contributed by atoms with Crippen molar-refractivity contribution in [1.82, 2.24) is 0 Å². The molecule has 0 saturated heterocycles. The van der Waals surface area contributed by atoms with Gasteiger partial charge in [-0.05, 0) is 36.5 Å². The van der Waals surface area contributed by atoms with Gasteiger partial charge in [0.05, 0.1) is 0 Å². The number of rotatable bonds is 2. The summed E-state index contributed by atoms with van der Waals surface area (Å²) in [6.45, 7) is 9.39. The highest BCUT2D eigenvalue weighted by Crippen LogP contribution is 2.42. The van der Waals surface area contributed by atoms with Gasteiger partial charge in [-0.15, -0.1) is 0 Å². The molecule has 0 heteroatoms. The van der Waals surface area contributed by atoms with Gasteiger partial charge in [0.15, 0.2) is 0 Å². The molecule has 60 valence electrons. The Hall–Kier alpha value is 0. The van der Waals surface area contributed by atoms with Gasteiger partial charge in [0, 0.05) is 0 Å². The minimum Gasteiger partial charge on any atom is -0.0625 e. The van der Waals surface area contributed by atoms with Crippen LogP contribution >= 0.6 is 0 Å². The molecule has 0 amide bonds. The maximum atomic E-state index is 2.35. The second kappa shape index (κ2) is 2.94. The average molecular weight is 140 g/mol. The average Bonchev–Trinajstić information content (AvgIpc) is 1.56. The first-order valence-electron chi connectivity index (χ1n) is 4.61. The van der Waals surface area contributed by atoms with E-state index in [2.05, 4.69) is 27.7 Å². The summed E-state index contributed by atoms with van der Waals surface area (Å²) < 4.78 is 0. The quantitative estimate of drug-likeness (QED) is 0.552. The van der Waals surface area contributed by atoms with Gasteiger partial charge < -0.3 is 0 Å². The molecule has 1 aliphatic rings. The van der Waals surface area contributed by atoms with Gasteiger partial charge >= 0.3 is 0 Å². The second-order valence-corrected chi connectivity index (χ2v) is 4.48. The van der Waals surface area contributed by atoms with E-state index in [1.807, 2.05) is 0 Å². The van der Waals surface area contributed by atoms with Crippen molar-refractivity contribution < 1.29 is 0 Å². The highest BCUT2D eigenvalue weighted by molar-refractivity contribution is 4.82. The summed E-state index contributed by atoms with van der Waals surface area (Å²) in [5.41, 5.74) is 0. The lowest BCUT2D eigenvalue weighted by Crippen LogP contribution is -2.30. The molecule has 1 aliphatic carbocycles. The van der Waals surface area contributed by atoms with E-state index in [1.165, 1.54) is 12.8 Å². The zero-order valence-corrected chi connectivity index (χ0v) is 7.72. The fourth-order valence-electron chi connectivity index (χ4n) is 1.80. The van der Waals surface area contributed by atoms with Gasteiger partial charge in [-0.3, -0.25) is 0 Å². The van der Waals surface area contributed by atoms with Crippen molar-refractivity contribution >= 4 is 0 Å². The summed E-state index contributed by atoms with van der Waals surface area (Å²) in [6.07, 6.45) is 2.99. The molecule has 1 saturated carbocycles. The van der Waals surface area contributed by atoms with Gasteiger partial charge in [0.25, 0.3) is 0 Å². The van der Waals surface area contributed by atoms with Gasteiger partial charge in [-0.1, -0.05) is 27.7 Å². The van der Waals surface area contributed by atoms with E-state index < -0.39 is 0 Å². The Balaban J connectivity index is 2.18. The molecule has 0 radical (unpaired) electrons. The third-order valence-corrected chi connectivity index (χ3v) is 3.10. The standard InChI is InChI=1S/C10H20/c1-7(2)9-5-10(6-9)8(3)4/h7-10H,5-6H2,1-4H3. The predicted octanol–water partition coefficient (Wildman–Crippen LogP) is 3.32. The van der Waals surface area contributed by atoms with Crippen LogP contribution in [0.15, 0.2) is 0 Å². The molecule has 0 aromatic rings. The first kappa shape index (κ1) is 8.10. The Bertz CT molecular complexity index is 84.6. The van der Waals surface area contributed by atoms with Crippen LogP contribution in [0.5, 0.6) is 0 Å². The number of hydrogen-bond acceptors (Lipinski definition) is 0. The highest BCUT2D eigenvalue weighted by atomic mass is 14.4. The lowest BCUT2D eigenvalue weighted by Gasteiger charge is -2.40. The van der Waals surface area contributed by atoms with Gasteiger partial charge in [0.2, 0.25) is 0 Å². The number of hydrogen-bond donors (Lipinski definition) is 0. The van der Waals surface area contributed by atoms with Crippen molar-refractivity contribution in [3.8, 4) is 0 Å². The molecule has 0 spiro atoms. The van der Waals surface area contributed by atoms with Gasteiger partial charge in [0.1, 0.15) is 0 Å². The van der Waals surface area contributed by atoms with Crippen molar-refractivity contribution in [3.05, 3.63) is 0 Å². The maximum Gasteiger partial charge on any atom is -0.0386 e. The summed E-state index contributed by atoms with van der Waals surface area (Å²) >= 11 is 0. The zero-order valence-electron chi connectivity index (χ0n) is 7.72. The normalized spacial score (nSPS) is 33.0. The van der Waals surface area contributed by atoms with Crippen molar-refractivity contribution in [1.29, 1.82) is 0 Å². The van der Waals surface area contributed by atoms with Crippen LogP contribution in [0.25, 0.3) is 0 Å². The third-order valence-electron chi connectivity index (χ3n) is 3.10. The van der Waals surface area contributed by atoms with Crippen LogP contribution in [0.2, 0.25) is 0 Å². The molecule has 1 fully saturated rings. The van der Waals surface area contributed by atoms with Gasteiger partial charge in [-0.2, -0.15) is 0 Å². The Morgan fingerprint density at radius 3 is 1.30 bits per heavy atom. The Morgan fingerprint density at radius 1 is 0.800 bits per heavy atom. The second-order valence-electron chi connectivity index (χ2n) is 4.48. The van der Waals surface area contributed by atoms with E-state index in [0.29, 0.717) is 0 Å². The smallest absolute Gasteiger partial charge is 0.0386 e. The Kier molecular flexibility index (Phi) is 2.38. The van der Waals surface area contributed by atoms with Crippen LogP contribution in [0.4, 0.5) is 0 Å². The molecule has 0 nitrogen and oxygen atoms in total. The summed E-state index contributed by atoms with van der Waals surface area (Å²) in [7, 11) is 0. The SMILES string of the molecule is CC(C)C1CC(C(C)C)C1. The zero-order chi connectivity index (χ0) is 7.72. The van der Waals surface area contributed by atoms with Crippen molar-refractivity contribution in [3.63, 3.8) is 0 Å². The molecule has 1 rings (SSSR count). The molecule has 0 aliphatic heterocycles. The van der Waals surface area contributed by atoms with Crippen LogP contribution in [0, 0.1) is 23.7 Å². The Morgan fingerprint density at radius 2 is 1.10 bits per heavy atom. The van der Waals surface area contributed by atoms with Crippen LogP contribution < -0.4 is 0 Å². The first-order valence-corrected chi connectivity index (χ1v) is 4.61. The predicted molar refractivity (Wildman–Crippen MR) is 45.9 cm³/mol. The van der Waals surface area contributed by atoms with Crippen LogP contribution in [-0.2, 0) is 0 Å². The summed E-state index contributed by atoms with van der Waals surface area (Å²) in [4.78, 5) is 0. The van der Waals surface area contributed by atoms with E-state index in [9.17, 15) is 0 Å². The minimum absolute atomic E-state index is 0.926. The van der Waals surface area contributed by atoms with E-state index in [0.717, 1.165) is 23.7 Å². The molecule has 0 bridgehead atoms. The molecular formula is C10H20. The van der Waals surface area contributed by atoms with Gasteiger partial charge in [-0.25, -0.2) is 0 Å². The lowest BCUT2D eigenvalue weighted by molar-refractivity contribution is 0.102. The minimum atomic E-state index is 0.926. The topological polar surface area (TPSA) is 0 Å². The van der Waals surface area contributed by atoms with E-state index >= 15 is 0 Å². The lowest BCUT2D eigenvalue weighted by atomic mass is 9.65. The van der Waals surface area contributed by atoms with Crippen molar-refractivity contribution in [2.45, 2.75) is 40.5 Å². The monoisotopic (exact) mass is 140 g/mol. The third kappa shape index (κ3) is 1.53. The molecule has 0 atom stereocenters. The highest BCUT2D eigenvalue weighted by Gasteiger charge is 2.32. The first-order chi connectivity index (χ1) is 4.61. The van der Waals surface area contributed by atoms with E-state index in [-0.39, 0.29) is 0 Å². The molecule has 0 unspecified atom stereocenters. The summed E-state index contributed by atoms with van der Waals surface area (Å²) in [5.74, 6) is 3.95. The fourth-order valence-corrected chi connectivity index (χ4v) is 1.80. The molecule has 0 aromatic heterocycles. The largest absolute Gasteiger partial charge is 0.0625 e. The molecule has 0 aromatic carbocycles. The van der Waals surface area contributed by atoms with Crippen molar-refractivity contribution in [2.75, 3.05) is 0 Å². The molecule has 0 heterocycles. The Labute approximate surface area is 65.0 Å². The molecule has 10 heavy (non-hydrogen) atoms. The van der Waals surface area contributed by atoms with Crippen LogP contribution in [0.3, 0.4) is 0 Å². The van der Waals surface area contributed by atoms with Crippen molar-refractivity contribution in [2.24, 2.45) is 23.7 Å². The molecule has 0 N–H and O–H groups in total. The summed E-state index contributed by atoms with van der Waals surface area (Å²) in [6, 6.07) is 0. The van der Waals surface area contributed by atoms with E-state index in [1.54, 1.807) is 0 Å². The van der Waals surface area contributed by atoms with Crippen LogP contribution in [-0.4, -0.2) is 0 Å².